The van der Waals surface area contributed by atoms with Crippen LogP contribution in [0, 0.1) is 17.8 Å². The van der Waals surface area contributed by atoms with Crippen LogP contribution in [0.5, 0.6) is 0 Å². The predicted octanol–water partition coefficient (Wildman–Crippen LogP) is 8.96. The summed E-state index contributed by atoms with van der Waals surface area (Å²) in [5.41, 5.74) is 8.94. The van der Waals surface area contributed by atoms with Gasteiger partial charge in [0.15, 0.2) is 5.71 Å². The second kappa shape index (κ2) is 12.7. The topological polar surface area (TPSA) is 18.3 Å². The zero-order valence-corrected chi connectivity index (χ0v) is 26.1. The van der Waals surface area contributed by atoms with E-state index in [4.69, 9.17) is 0 Å². The molecule has 3 aromatic rings. The van der Waals surface area contributed by atoms with Gasteiger partial charge in [-0.1, -0.05) is 48.9 Å². The van der Waals surface area contributed by atoms with Crippen molar-refractivity contribution in [3.05, 3.63) is 102 Å². The fourth-order valence-corrected chi connectivity index (χ4v) is 7.87. The van der Waals surface area contributed by atoms with E-state index in [-0.39, 0.29) is 0 Å². The maximum atomic E-state index is 3.91. The van der Waals surface area contributed by atoms with Crippen LogP contribution in [0.3, 0.4) is 0 Å². The lowest BCUT2D eigenvalue weighted by molar-refractivity contribution is -0.519. The monoisotopic (exact) mass is 558 g/mol. The Kier molecular flexibility index (Phi) is 8.65. The first-order valence-electron chi connectivity index (χ1n) is 16.5. The molecule has 0 heterocycles. The van der Waals surface area contributed by atoms with E-state index in [1.54, 1.807) is 0 Å². The average molecular weight is 559 g/mol. The van der Waals surface area contributed by atoms with Gasteiger partial charge in [0.25, 0.3) is 0 Å². The minimum Gasteiger partial charge on any atom is -0.384 e. The van der Waals surface area contributed by atoms with Gasteiger partial charge in [0.1, 0.15) is 13.1 Å². The van der Waals surface area contributed by atoms with Crippen LogP contribution in [0.25, 0.3) is 16.3 Å². The van der Waals surface area contributed by atoms with Gasteiger partial charge in [0, 0.05) is 48.5 Å². The molecule has 0 spiro atoms. The molecule has 3 nitrogen and oxygen atoms in total. The minimum absolute atomic E-state index is 0.831. The molecule has 42 heavy (non-hydrogen) atoms. The first kappa shape index (κ1) is 28.5. The van der Waals surface area contributed by atoms with E-state index in [0.717, 1.165) is 50.5 Å². The number of hydrogen-bond donors (Lipinski definition) is 1. The molecule has 3 atom stereocenters. The molecule has 218 valence electrons. The SMILES string of the molecule is CCN(CC)c1ccc(C(=C2C=CC(=[N+](CC)CC)C=C2)c2ccc(NCC3CC4CCC3C4)c3ccccc23)cc1. The number of nitrogens with zero attached hydrogens (tertiary/aromatic N) is 2. The van der Waals surface area contributed by atoms with Crippen LogP contribution < -0.4 is 10.2 Å². The molecule has 3 aliphatic rings. The van der Waals surface area contributed by atoms with Crippen LogP contribution in [0.2, 0.25) is 0 Å². The summed E-state index contributed by atoms with van der Waals surface area (Å²) in [6.45, 7) is 14.1. The molecule has 3 aromatic carbocycles. The van der Waals surface area contributed by atoms with Crippen molar-refractivity contribution in [1.29, 1.82) is 0 Å². The number of allylic oxidation sites excluding steroid dienone is 5. The molecule has 1 N–H and O–H groups in total. The second-order valence-electron chi connectivity index (χ2n) is 12.3. The molecular weight excluding hydrogens is 510 g/mol. The minimum atomic E-state index is 0.831. The van der Waals surface area contributed by atoms with Crippen molar-refractivity contribution in [3.8, 4) is 0 Å². The number of hydrogen-bond acceptors (Lipinski definition) is 2. The average Bonchev–Trinajstić information content (AvgIpc) is 3.67. The molecule has 3 unspecified atom stereocenters. The largest absolute Gasteiger partial charge is 0.384 e. The zero-order chi connectivity index (χ0) is 29.1. The molecule has 3 heteroatoms. The van der Waals surface area contributed by atoms with Crippen molar-refractivity contribution in [2.24, 2.45) is 17.8 Å². The van der Waals surface area contributed by atoms with Gasteiger partial charge in [-0.2, -0.15) is 0 Å². The molecule has 2 bridgehead atoms. The summed E-state index contributed by atoms with van der Waals surface area (Å²) in [6.07, 6.45) is 15.0. The summed E-state index contributed by atoms with van der Waals surface area (Å²) in [7, 11) is 0. The summed E-state index contributed by atoms with van der Waals surface area (Å²) in [5, 5.41) is 6.53. The Morgan fingerprint density at radius 2 is 1.50 bits per heavy atom. The molecule has 2 saturated carbocycles. The Morgan fingerprint density at radius 1 is 0.786 bits per heavy atom. The fourth-order valence-electron chi connectivity index (χ4n) is 7.87. The summed E-state index contributed by atoms with van der Waals surface area (Å²) in [6, 6.07) is 22.9. The molecule has 2 fully saturated rings. The number of benzene rings is 3. The highest BCUT2D eigenvalue weighted by Gasteiger charge is 2.39. The Bertz CT molecular complexity index is 1510. The molecule has 0 saturated heterocycles. The third-order valence-electron chi connectivity index (χ3n) is 10.2. The number of anilines is 2. The lowest BCUT2D eigenvalue weighted by Gasteiger charge is -2.24. The highest BCUT2D eigenvalue weighted by atomic mass is 15.1. The van der Waals surface area contributed by atoms with E-state index in [9.17, 15) is 0 Å². The predicted molar refractivity (Wildman–Crippen MR) is 182 cm³/mol. The van der Waals surface area contributed by atoms with Gasteiger partial charge in [0.2, 0.25) is 0 Å². The maximum absolute atomic E-state index is 3.91. The fraction of sp³-hybridized carbons (Fsp3) is 0.410. The van der Waals surface area contributed by atoms with Gasteiger partial charge >= 0.3 is 0 Å². The van der Waals surface area contributed by atoms with Crippen LogP contribution in [0.4, 0.5) is 11.4 Å². The molecule has 0 amide bonds. The highest BCUT2D eigenvalue weighted by molar-refractivity contribution is 6.07. The number of rotatable bonds is 10. The van der Waals surface area contributed by atoms with Gasteiger partial charge in [-0.15, -0.1) is 0 Å². The van der Waals surface area contributed by atoms with Gasteiger partial charge in [-0.25, -0.2) is 4.58 Å². The lowest BCUT2D eigenvalue weighted by Crippen LogP contribution is -2.21. The standard InChI is InChI=1S/C39H47N3/c1-5-41(6-2)33-19-15-29(16-20-33)39(30-17-21-34(22-18-30)42(7-3)8-4)37-23-24-38(36-12-10-9-11-35(36)37)40-27-32-26-28-13-14-31(32)25-28/h9-12,15-24,28,31-32H,5-8,13-14,25-27H2,1-4H3/p+1. The molecule has 0 aliphatic heterocycles. The third-order valence-corrected chi connectivity index (χ3v) is 10.2. The molecule has 3 aliphatic carbocycles. The summed E-state index contributed by atoms with van der Waals surface area (Å²) >= 11 is 0. The van der Waals surface area contributed by atoms with Crippen LogP contribution >= 0.6 is 0 Å². The third kappa shape index (κ3) is 5.59. The van der Waals surface area contributed by atoms with Gasteiger partial charge < -0.3 is 10.2 Å². The van der Waals surface area contributed by atoms with Crippen molar-refractivity contribution in [1.82, 2.24) is 0 Å². The Labute approximate surface area is 253 Å². The van der Waals surface area contributed by atoms with Crippen molar-refractivity contribution in [3.63, 3.8) is 0 Å². The molecule has 0 radical (unpaired) electrons. The number of nitrogens with one attached hydrogen (secondary N) is 1. The Balaban J connectivity index is 1.42. The summed E-state index contributed by atoms with van der Waals surface area (Å²) in [4.78, 5) is 2.41. The molecule has 6 rings (SSSR count). The van der Waals surface area contributed by atoms with E-state index in [2.05, 4.69) is 127 Å². The van der Waals surface area contributed by atoms with Crippen LogP contribution in [-0.4, -0.2) is 43.0 Å². The van der Waals surface area contributed by atoms with Crippen molar-refractivity contribution < 1.29 is 4.58 Å². The van der Waals surface area contributed by atoms with Crippen molar-refractivity contribution in [2.75, 3.05) is 42.9 Å². The van der Waals surface area contributed by atoms with Gasteiger partial charge in [-0.05, 0) is 123 Å². The Morgan fingerprint density at radius 3 is 2.12 bits per heavy atom. The van der Waals surface area contributed by atoms with E-state index < -0.39 is 0 Å². The molecule has 0 aromatic heterocycles. The van der Waals surface area contributed by atoms with Crippen LogP contribution in [-0.2, 0) is 0 Å². The first-order valence-corrected chi connectivity index (χ1v) is 16.5. The zero-order valence-electron chi connectivity index (χ0n) is 26.1. The van der Waals surface area contributed by atoms with E-state index in [0.29, 0.717) is 0 Å². The van der Waals surface area contributed by atoms with E-state index in [1.165, 1.54) is 75.8 Å². The van der Waals surface area contributed by atoms with E-state index in [1.807, 2.05) is 0 Å². The normalized spacial score (nSPS) is 20.9. The van der Waals surface area contributed by atoms with Crippen LogP contribution in [0.1, 0.15) is 64.5 Å². The van der Waals surface area contributed by atoms with E-state index >= 15 is 0 Å². The number of fused-ring (bicyclic) bond motifs is 3. The highest BCUT2D eigenvalue weighted by Crippen LogP contribution is 2.48. The Hall–Kier alpha value is -3.59. The van der Waals surface area contributed by atoms with Gasteiger partial charge in [0.05, 0.1) is 0 Å². The molecular formula is C39H48N3+. The first-order chi connectivity index (χ1) is 20.6. The maximum Gasteiger partial charge on any atom is 0.199 e. The summed E-state index contributed by atoms with van der Waals surface area (Å²) < 4.78 is 2.41. The second-order valence-corrected chi connectivity index (χ2v) is 12.3. The lowest BCUT2D eigenvalue weighted by atomic mass is 9.87. The van der Waals surface area contributed by atoms with Crippen molar-refractivity contribution >= 4 is 33.4 Å². The smallest absolute Gasteiger partial charge is 0.199 e. The van der Waals surface area contributed by atoms with Crippen LogP contribution in [0.15, 0.2) is 90.5 Å². The van der Waals surface area contributed by atoms with Gasteiger partial charge in [-0.3, -0.25) is 0 Å². The van der Waals surface area contributed by atoms with Crippen molar-refractivity contribution in [2.45, 2.75) is 53.4 Å². The quantitative estimate of drug-likeness (QED) is 0.250. The summed E-state index contributed by atoms with van der Waals surface area (Å²) in [5.74, 6) is 2.75.